The number of halogens is 1. The van der Waals surface area contributed by atoms with Crippen molar-refractivity contribution in [2.75, 3.05) is 11.9 Å². The first-order chi connectivity index (χ1) is 10.2. The van der Waals surface area contributed by atoms with Crippen molar-refractivity contribution in [3.8, 4) is 0 Å². The number of hydrogen-bond donors (Lipinski definition) is 2. The fourth-order valence-corrected chi connectivity index (χ4v) is 3.47. The third-order valence-electron chi connectivity index (χ3n) is 4.20. The number of nitrogens with one attached hydrogen (secondary N) is 2. The molecule has 0 atom stereocenters. The molecule has 1 amide bonds. The molecule has 1 fully saturated rings. The lowest BCUT2D eigenvalue weighted by Gasteiger charge is -2.28. The molecule has 1 saturated carbocycles. The Kier molecular flexibility index (Phi) is 6.71. The first kappa shape index (κ1) is 16.5. The quantitative estimate of drug-likeness (QED) is 0.799. The Labute approximate surface area is 136 Å². The Balaban J connectivity index is 1.68. The zero-order valence-electron chi connectivity index (χ0n) is 12.7. The summed E-state index contributed by atoms with van der Waals surface area (Å²) in [5, 5.41) is 6.32. The van der Waals surface area contributed by atoms with Crippen LogP contribution in [-0.2, 0) is 4.79 Å². The average Bonchev–Trinajstić information content (AvgIpc) is 2.47. The van der Waals surface area contributed by atoms with Crippen LogP contribution >= 0.6 is 15.9 Å². The number of carbonyl (C=O) groups excluding carboxylic acids is 1. The lowest BCUT2D eigenvalue weighted by atomic mass is 9.83. The van der Waals surface area contributed by atoms with E-state index in [-0.39, 0.29) is 5.91 Å². The van der Waals surface area contributed by atoms with Crippen LogP contribution in [0.25, 0.3) is 0 Å². The highest BCUT2D eigenvalue weighted by Crippen LogP contribution is 2.27. The van der Waals surface area contributed by atoms with Crippen LogP contribution in [0.4, 0.5) is 5.69 Å². The van der Waals surface area contributed by atoms with Gasteiger partial charge in [-0.3, -0.25) is 4.79 Å². The van der Waals surface area contributed by atoms with Gasteiger partial charge in [0.2, 0.25) is 5.91 Å². The molecule has 4 heteroatoms. The molecule has 1 aromatic carbocycles. The summed E-state index contributed by atoms with van der Waals surface area (Å²) in [6, 6.07) is 8.18. The molecule has 0 saturated heterocycles. The van der Waals surface area contributed by atoms with Gasteiger partial charge in [0, 0.05) is 16.2 Å². The van der Waals surface area contributed by atoms with Crippen molar-refractivity contribution in [1.82, 2.24) is 5.32 Å². The summed E-state index contributed by atoms with van der Waals surface area (Å²) < 4.78 is 0.975. The molecule has 3 nitrogen and oxygen atoms in total. The zero-order valence-corrected chi connectivity index (χ0v) is 14.3. The van der Waals surface area contributed by atoms with Crippen molar-refractivity contribution in [3.63, 3.8) is 0 Å². The van der Waals surface area contributed by atoms with Crippen molar-refractivity contribution in [1.29, 1.82) is 0 Å². The Bertz CT molecular complexity index is 456. The molecule has 1 aliphatic rings. The van der Waals surface area contributed by atoms with Crippen molar-refractivity contribution in [2.45, 2.75) is 51.5 Å². The van der Waals surface area contributed by atoms with E-state index >= 15 is 0 Å². The van der Waals surface area contributed by atoms with E-state index in [1.165, 1.54) is 38.5 Å². The molecule has 2 N–H and O–H groups in total. The third kappa shape index (κ3) is 5.79. The fourth-order valence-electron chi connectivity index (χ4n) is 3.07. The highest BCUT2D eigenvalue weighted by atomic mass is 79.9. The molecule has 0 spiro atoms. The monoisotopic (exact) mass is 352 g/mol. The van der Waals surface area contributed by atoms with E-state index in [1.54, 1.807) is 0 Å². The van der Waals surface area contributed by atoms with Crippen molar-refractivity contribution in [3.05, 3.63) is 28.7 Å². The lowest BCUT2D eigenvalue weighted by Crippen LogP contribution is -2.38. The van der Waals surface area contributed by atoms with Gasteiger partial charge in [-0.1, -0.05) is 41.8 Å². The minimum absolute atomic E-state index is 0.0313. The Morgan fingerprint density at radius 2 is 2.05 bits per heavy atom. The molecular formula is C17H25BrN2O. The Morgan fingerprint density at radius 1 is 1.29 bits per heavy atom. The van der Waals surface area contributed by atoms with E-state index in [2.05, 4.69) is 33.5 Å². The maximum Gasteiger partial charge on any atom is 0.238 e. The zero-order chi connectivity index (χ0) is 15.1. The molecule has 0 aliphatic heterocycles. The largest absolute Gasteiger partial charge is 0.325 e. The van der Waals surface area contributed by atoms with E-state index in [0.29, 0.717) is 12.6 Å². The van der Waals surface area contributed by atoms with Crippen LogP contribution in [0.5, 0.6) is 0 Å². The number of carbonyl (C=O) groups is 1. The van der Waals surface area contributed by atoms with Crippen LogP contribution in [0, 0.1) is 5.92 Å². The average molecular weight is 353 g/mol. The summed E-state index contributed by atoms with van der Waals surface area (Å²) >= 11 is 3.40. The van der Waals surface area contributed by atoms with Gasteiger partial charge in [-0.05, 0) is 49.8 Å². The smallest absolute Gasteiger partial charge is 0.238 e. The summed E-state index contributed by atoms with van der Waals surface area (Å²) in [6.45, 7) is 2.66. The highest BCUT2D eigenvalue weighted by molar-refractivity contribution is 9.10. The summed E-state index contributed by atoms with van der Waals surface area (Å²) in [5.74, 6) is 0.937. The van der Waals surface area contributed by atoms with E-state index < -0.39 is 0 Å². The van der Waals surface area contributed by atoms with Gasteiger partial charge in [0.1, 0.15) is 0 Å². The summed E-state index contributed by atoms with van der Waals surface area (Å²) in [7, 11) is 0. The van der Waals surface area contributed by atoms with Crippen molar-refractivity contribution >= 4 is 27.5 Å². The second-order valence-corrected chi connectivity index (χ2v) is 6.86. The molecule has 1 aromatic rings. The van der Waals surface area contributed by atoms with Gasteiger partial charge in [-0.2, -0.15) is 0 Å². The molecule has 1 aliphatic carbocycles. The number of anilines is 1. The molecular weight excluding hydrogens is 328 g/mol. The van der Waals surface area contributed by atoms with E-state index in [9.17, 15) is 4.79 Å². The van der Waals surface area contributed by atoms with Gasteiger partial charge in [0.05, 0.1) is 6.54 Å². The second-order valence-electron chi connectivity index (χ2n) is 5.95. The molecule has 2 rings (SSSR count). The predicted molar refractivity (Wildman–Crippen MR) is 91.4 cm³/mol. The van der Waals surface area contributed by atoms with Gasteiger partial charge < -0.3 is 10.6 Å². The van der Waals surface area contributed by atoms with Crippen molar-refractivity contribution in [2.24, 2.45) is 5.92 Å². The SMILES string of the molecule is CCCC1CCC(NCC(=O)Nc2cccc(Br)c2)CC1. The topological polar surface area (TPSA) is 41.1 Å². The first-order valence-corrected chi connectivity index (χ1v) is 8.75. The first-order valence-electron chi connectivity index (χ1n) is 7.96. The van der Waals surface area contributed by atoms with Gasteiger partial charge in [0.25, 0.3) is 0 Å². The summed E-state index contributed by atoms with van der Waals surface area (Å²) in [5.41, 5.74) is 0.836. The number of hydrogen-bond acceptors (Lipinski definition) is 2. The van der Waals surface area contributed by atoms with Gasteiger partial charge in [0.15, 0.2) is 0 Å². The van der Waals surface area contributed by atoms with Crippen LogP contribution in [-0.4, -0.2) is 18.5 Å². The van der Waals surface area contributed by atoms with Gasteiger partial charge >= 0.3 is 0 Å². The maximum atomic E-state index is 11.9. The summed E-state index contributed by atoms with van der Waals surface area (Å²) in [4.78, 5) is 11.9. The molecule has 0 heterocycles. The molecule has 0 aromatic heterocycles. The van der Waals surface area contributed by atoms with Crippen LogP contribution in [0.2, 0.25) is 0 Å². The van der Waals surface area contributed by atoms with E-state index in [4.69, 9.17) is 0 Å². The standard InChI is InChI=1S/C17H25BrN2O/c1-2-4-13-7-9-15(10-8-13)19-12-17(21)20-16-6-3-5-14(18)11-16/h3,5-6,11,13,15,19H,2,4,7-10,12H2,1H3,(H,20,21). The molecule has 116 valence electrons. The van der Waals surface area contributed by atoms with Gasteiger partial charge in [-0.25, -0.2) is 0 Å². The molecule has 0 unspecified atom stereocenters. The predicted octanol–water partition coefficient (Wildman–Crippen LogP) is 4.34. The van der Waals surface area contributed by atoms with Crippen LogP contribution < -0.4 is 10.6 Å². The summed E-state index contributed by atoms with van der Waals surface area (Å²) in [6.07, 6.45) is 7.66. The van der Waals surface area contributed by atoms with Gasteiger partial charge in [-0.15, -0.1) is 0 Å². The lowest BCUT2D eigenvalue weighted by molar-refractivity contribution is -0.115. The minimum Gasteiger partial charge on any atom is -0.325 e. The molecule has 0 radical (unpaired) electrons. The molecule has 0 bridgehead atoms. The van der Waals surface area contributed by atoms with E-state index in [1.807, 2.05) is 24.3 Å². The number of amides is 1. The minimum atomic E-state index is 0.0313. The normalized spacial score (nSPS) is 22.0. The van der Waals surface area contributed by atoms with Crippen LogP contribution in [0.3, 0.4) is 0 Å². The van der Waals surface area contributed by atoms with E-state index in [0.717, 1.165) is 16.1 Å². The maximum absolute atomic E-state index is 11.9. The van der Waals surface area contributed by atoms with Crippen LogP contribution in [0.1, 0.15) is 45.4 Å². The van der Waals surface area contributed by atoms with Crippen LogP contribution in [0.15, 0.2) is 28.7 Å². The second kappa shape index (κ2) is 8.54. The fraction of sp³-hybridized carbons (Fsp3) is 0.588. The van der Waals surface area contributed by atoms with Crippen molar-refractivity contribution < 1.29 is 4.79 Å². The highest BCUT2D eigenvalue weighted by Gasteiger charge is 2.20. The third-order valence-corrected chi connectivity index (χ3v) is 4.70. The number of rotatable bonds is 6. The Morgan fingerprint density at radius 3 is 2.71 bits per heavy atom. The number of benzene rings is 1. The Hall–Kier alpha value is -0.870. The molecule has 21 heavy (non-hydrogen) atoms.